The van der Waals surface area contributed by atoms with Crippen LogP contribution < -0.4 is 15.4 Å². The number of carbonyl (C=O) groups is 1. The zero-order chi connectivity index (χ0) is 27.3. The number of benzene rings is 3. The van der Waals surface area contributed by atoms with Crippen molar-refractivity contribution in [2.24, 2.45) is 5.92 Å². The summed E-state index contributed by atoms with van der Waals surface area (Å²) in [7, 11) is 1.45. The second-order valence-corrected chi connectivity index (χ2v) is 10.2. The Morgan fingerprint density at radius 1 is 0.921 bits per heavy atom. The topological polar surface area (TPSA) is 59.6 Å². The summed E-state index contributed by atoms with van der Waals surface area (Å²) >= 11 is 0. The maximum atomic E-state index is 12.7. The van der Waals surface area contributed by atoms with Crippen LogP contribution in [0.1, 0.15) is 82.0 Å². The lowest BCUT2D eigenvalue weighted by molar-refractivity contribution is -0.143. The molecule has 0 bridgehead atoms. The molecule has 204 valence electrons. The molecule has 5 heteroatoms. The molecule has 2 unspecified atom stereocenters. The number of methoxy groups -OCH3 is 1. The predicted octanol–water partition coefficient (Wildman–Crippen LogP) is 8.15. The van der Waals surface area contributed by atoms with Crippen molar-refractivity contribution >= 4 is 17.3 Å². The highest BCUT2D eigenvalue weighted by Crippen LogP contribution is 2.32. The highest BCUT2D eigenvalue weighted by Gasteiger charge is 2.22. The molecule has 0 saturated heterocycles. The molecule has 0 aliphatic heterocycles. The number of ether oxygens (including phenoxy) is 2. The summed E-state index contributed by atoms with van der Waals surface area (Å²) in [4.78, 5) is 12.7. The molecular formula is C33H44N2O3. The number of anilines is 2. The summed E-state index contributed by atoms with van der Waals surface area (Å²) in [6, 6.07) is 23.9. The van der Waals surface area contributed by atoms with Crippen molar-refractivity contribution in [3.8, 4) is 5.75 Å². The van der Waals surface area contributed by atoms with Gasteiger partial charge in [0.25, 0.3) is 0 Å². The fourth-order valence-electron chi connectivity index (χ4n) is 4.76. The quantitative estimate of drug-likeness (QED) is 0.200. The fourth-order valence-corrected chi connectivity index (χ4v) is 4.76. The van der Waals surface area contributed by atoms with Crippen LogP contribution in [0, 0.1) is 5.92 Å². The zero-order valence-corrected chi connectivity index (χ0v) is 23.6. The lowest BCUT2D eigenvalue weighted by Crippen LogP contribution is -2.31. The van der Waals surface area contributed by atoms with E-state index in [1.165, 1.54) is 25.5 Å². The second kappa shape index (κ2) is 15.2. The Morgan fingerprint density at radius 3 is 2.39 bits per heavy atom. The van der Waals surface area contributed by atoms with Crippen LogP contribution in [0.15, 0.2) is 72.8 Å². The molecule has 0 aliphatic carbocycles. The van der Waals surface area contributed by atoms with Crippen molar-refractivity contribution in [1.29, 1.82) is 0 Å². The average molecular weight is 517 g/mol. The monoisotopic (exact) mass is 516 g/mol. The summed E-state index contributed by atoms with van der Waals surface area (Å²) in [5.41, 5.74) is 5.15. The highest BCUT2D eigenvalue weighted by molar-refractivity contribution is 5.78. The van der Waals surface area contributed by atoms with Gasteiger partial charge < -0.3 is 20.1 Å². The first-order valence-electron chi connectivity index (χ1n) is 13.9. The summed E-state index contributed by atoms with van der Waals surface area (Å²) in [6.07, 6.45) is 4.61. The van der Waals surface area contributed by atoms with Crippen LogP contribution in [0.2, 0.25) is 0 Å². The Labute approximate surface area is 229 Å². The van der Waals surface area contributed by atoms with Crippen LogP contribution in [-0.2, 0) is 16.1 Å². The van der Waals surface area contributed by atoms with Crippen molar-refractivity contribution < 1.29 is 14.3 Å². The first-order chi connectivity index (χ1) is 18.4. The minimum atomic E-state index is -0.501. The Morgan fingerprint density at radius 2 is 1.71 bits per heavy atom. The van der Waals surface area contributed by atoms with Gasteiger partial charge in [-0.05, 0) is 71.8 Å². The van der Waals surface area contributed by atoms with Gasteiger partial charge in [-0.1, -0.05) is 89.4 Å². The smallest absolute Gasteiger partial charge is 0.327 e. The molecule has 38 heavy (non-hydrogen) atoms. The van der Waals surface area contributed by atoms with Gasteiger partial charge in [0.05, 0.1) is 7.11 Å². The number of hydrogen-bond donors (Lipinski definition) is 2. The van der Waals surface area contributed by atoms with Crippen molar-refractivity contribution in [2.45, 2.75) is 71.9 Å². The van der Waals surface area contributed by atoms with Gasteiger partial charge in [-0.25, -0.2) is 4.79 Å². The average Bonchev–Trinajstić information content (AvgIpc) is 2.94. The number of hydrogen-bond acceptors (Lipinski definition) is 5. The lowest BCUT2D eigenvalue weighted by Gasteiger charge is -2.21. The molecule has 0 heterocycles. The van der Waals surface area contributed by atoms with Crippen molar-refractivity contribution in [3.05, 3.63) is 89.5 Å². The van der Waals surface area contributed by atoms with Gasteiger partial charge >= 0.3 is 5.97 Å². The van der Waals surface area contributed by atoms with E-state index in [1.807, 2.05) is 48.5 Å². The molecule has 0 saturated carbocycles. The van der Waals surface area contributed by atoms with Crippen LogP contribution in [0.5, 0.6) is 5.75 Å². The highest BCUT2D eigenvalue weighted by atomic mass is 16.5. The molecule has 2 N–H and O–H groups in total. The Kier molecular flexibility index (Phi) is 11.7. The molecule has 0 spiro atoms. The fraction of sp³-hybridized carbons (Fsp3) is 0.424. The van der Waals surface area contributed by atoms with E-state index < -0.39 is 6.04 Å². The van der Waals surface area contributed by atoms with Crippen molar-refractivity contribution in [3.63, 3.8) is 0 Å². The molecule has 2 atom stereocenters. The van der Waals surface area contributed by atoms with Gasteiger partial charge in [0.1, 0.15) is 18.4 Å². The molecular weight excluding hydrogens is 472 g/mol. The van der Waals surface area contributed by atoms with Crippen molar-refractivity contribution in [2.75, 3.05) is 19.0 Å². The Hall–Kier alpha value is -3.31. The third kappa shape index (κ3) is 8.63. The SMILES string of the molecule is CCCC(CC)CCNC(C(=O)OC)c1cccc(Nc2ccc(OCc3ccccc3)cc2C(C)C)c1. The van der Waals surface area contributed by atoms with Crippen LogP contribution in [0.3, 0.4) is 0 Å². The largest absolute Gasteiger partial charge is 0.489 e. The van der Waals surface area contributed by atoms with E-state index in [0.717, 1.165) is 47.6 Å². The van der Waals surface area contributed by atoms with Gasteiger partial charge in [0, 0.05) is 11.4 Å². The normalized spacial score (nSPS) is 12.7. The van der Waals surface area contributed by atoms with Crippen LogP contribution in [-0.4, -0.2) is 19.6 Å². The van der Waals surface area contributed by atoms with Crippen molar-refractivity contribution in [1.82, 2.24) is 5.32 Å². The molecule has 5 nitrogen and oxygen atoms in total. The number of nitrogens with one attached hydrogen (secondary N) is 2. The van der Waals surface area contributed by atoms with Crippen LogP contribution in [0.4, 0.5) is 11.4 Å². The summed E-state index contributed by atoms with van der Waals surface area (Å²) in [6.45, 7) is 10.1. The van der Waals surface area contributed by atoms with E-state index in [-0.39, 0.29) is 5.97 Å². The van der Waals surface area contributed by atoms with E-state index in [1.54, 1.807) is 0 Å². The van der Waals surface area contributed by atoms with E-state index >= 15 is 0 Å². The third-order valence-corrected chi connectivity index (χ3v) is 7.00. The maximum Gasteiger partial charge on any atom is 0.327 e. The number of rotatable bonds is 15. The molecule has 0 aromatic heterocycles. The van der Waals surface area contributed by atoms with E-state index in [4.69, 9.17) is 9.47 Å². The van der Waals surface area contributed by atoms with Gasteiger partial charge in [-0.3, -0.25) is 0 Å². The van der Waals surface area contributed by atoms with E-state index in [9.17, 15) is 4.79 Å². The molecule has 0 amide bonds. The minimum absolute atomic E-state index is 0.270. The summed E-state index contributed by atoms with van der Waals surface area (Å²) in [5.74, 6) is 1.56. The van der Waals surface area contributed by atoms with Gasteiger partial charge in [-0.15, -0.1) is 0 Å². The zero-order valence-electron chi connectivity index (χ0n) is 23.6. The molecule has 0 aliphatic rings. The number of esters is 1. The molecule has 3 rings (SSSR count). The Bertz CT molecular complexity index is 1130. The number of carbonyl (C=O) groups excluding carboxylic acids is 1. The second-order valence-electron chi connectivity index (χ2n) is 10.2. The lowest BCUT2D eigenvalue weighted by atomic mass is 9.96. The summed E-state index contributed by atoms with van der Waals surface area (Å²) in [5, 5.41) is 7.02. The third-order valence-electron chi connectivity index (χ3n) is 7.00. The van der Waals surface area contributed by atoms with Crippen LogP contribution in [0.25, 0.3) is 0 Å². The van der Waals surface area contributed by atoms with E-state index in [0.29, 0.717) is 18.4 Å². The predicted molar refractivity (Wildman–Crippen MR) is 157 cm³/mol. The molecule has 3 aromatic carbocycles. The maximum absolute atomic E-state index is 12.7. The van der Waals surface area contributed by atoms with Crippen LogP contribution >= 0.6 is 0 Å². The molecule has 3 aromatic rings. The minimum Gasteiger partial charge on any atom is -0.489 e. The van der Waals surface area contributed by atoms with Gasteiger partial charge in [0.2, 0.25) is 0 Å². The first-order valence-corrected chi connectivity index (χ1v) is 13.9. The Balaban J connectivity index is 1.73. The summed E-state index contributed by atoms with van der Waals surface area (Å²) < 4.78 is 11.2. The molecule has 0 radical (unpaired) electrons. The molecule has 0 fully saturated rings. The van der Waals surface area contributed by atoms with Gasteiger partial charge in [0.15, 0.2) is 0 Å². The van der Waals surface area contributed by atoms with E-state index in [2.05, 4.69) is 62.6 Å². The standard InChI is InChI=1S/C33H44N2O3/c1-6-12-25(7-2)19-20-34-32(33(36)37-5)27-15-11-16-28(21-27)35-31-18-17-29(22-30(31)24(3)4)38-23-26-13-9-8-10-14-26/h8-11,13-18,21-22,24-25,32,34-35H,6-7,12,19-20,23H2,1-5H3. The first kappa shape index (κ1) is 29.2. The van der Waals surface area contributed by atoms with Gasteiger partial charge in [-0.2, -0.15) is 0 Å².